The highest BCUT2D eigenvalue weighted by atomic mass is 16.5. The smallest absolute Gasteiger partial charge is 0.491 e. The molecule has 234 valence electrons. The number of nitrogens with zero attached hydrogens (tertiary/aromatic N) is 1. The summed E-state index contributed by atoms with van der Waals surface area (Å²) in [5.74, 6) is -10.8. The van der Waals surface area contributed by atoms with E-state index >= 15 is 0 Å². The van der Waals surface area contributed by atoms with Crippen LogP contribution in [0.15, 0.2) is 53.0 Å². The standard InChI is InChI=1S/C30H30BN3O11/c1-10-13-6-7-15(33-29(42)11-4-5-12-9-45-31(44)14(12)8-11)22(35)17(13)23(36)18-16(10)24(37)20-21(34(2)3)25(38)19(28(32)41)27(40)30(20,43)26(18)39/h4-8,10,16,20-21,24,35,37-39,43-44H,9H2,1-3H3,(H2,32,41)(H,33,42)/t10-,16+,20+,21-,24-,30-/m0/s1. The van der Waals surface area contributed by atoms with Crippen molar-refractivity contribution in [2.45, 2.75) is 37.2 Å². The zero-order valence-corrected chi connectivity index (χ0v) is 24.3. The third kappa shape index (κ3) is 4.08. The first kappa shape index (κ1) is 30.5. The molecule has 4 aliphatic rings. The van der Waals surface area contributed by atoms with Crippen LogP contribution < -0.4 is 16.5 Å². The number of carbonyl (C=O) groups is 4. The first-order valence-corrected chi connectivity index (χ1v) is 14.0. The summed E-state index contributed by atoms with van der Waals surface area (Å²) in [4.78, 5) is 54.2. The molecule has 0 fully saturated rings. The Morgan fingerprint density at radius 3 is 2.47 bits per heavy atom. The van der Waals surface area contributed by atoms with Crippen molar-refractivity contribution in [1.82, 2.24) is 4.90 Å². The second kappa shape index (κ2) is 10.3. The Morgan fingerprint density at radius 2 is 1.82 bits per heavy atom. The van der Waals surface area contributed by atoms with Gasteiger partial charge in [-0.25, -0.2) is 0 Å². The van der Waals surface area contributed by atoms with Crippen LogP contribution in [0.3, 0.4) is 0 Å². The summed E-state index contributed by atoms with van der Waals surface area (Å²) in [5.41, 5.74) is 1.75. The minimum atomic E-state index is -3.03. The lowest BCUT2D eigenvalue weighted by atomic mass is 9.55. The van der Waals surface area contributed by atoms with Gasteiger partial charge < -0.3 is 46.3 Å². The Morgan fingerprint density at radius 1 is 1.13 bits per heavy atom. The molecule has 0 aromatic heterocycles. The van der Waals surface area contributed by atoms with Crippen LogP contribution in [-0.2, 0) is 20.9 Å². The van der Waals surface area contributed by atoms with E-state index in [0.29, 0.717) is 11.0 Å². The average molecular weight is 619 g/mol. The van der Waals surface area contributed by atoms with Crippen LogP contribution in [-0.4, -0.2) is 97.8 Å². The lowest BCUT2D eigenvalue weighted by molar-refractivity contribution is -0.162. The summed E-state index contributed by atoms with van der Waals surface area (Å²) in [6.07, 6.45) is -1.72. The van der Waals surface area contributed by atoms with Crippen molar-refractivity contribution in [2.75, 3.05) is 19.4 Å². The van der Waals surface area contributed by atoms with Gasteiger partial charge >= 0.3 is 7.12 Å². The predicted octanol–water partition coefficient (Wildman–Crippen LogP) is -0.878. The van der Waals surface area contributed by atoms with Crippen LogP contribution in [0, 0.1) is 11.8 Å². The maximum Gasteiger partial charge on any atom is 0.491 e. The number of carbonyl (C=O) groups excluding carboxylic acids is 4. The Balaban J connectivity index is 1.45. The highest BCUT2D eigenvalue weighted by Crippen LogP contribution is 2.56. The van der Waals surface area contributed by atoms with Gasteiger partial charge in [-0.1, -0.05) is 19.1 Å². The molecule has 9 N–H and O–H groups in total. The number of amides is 2. The number of primary amides is 1. The number of phenols is 1. The van der Waals surface area contributed by atoms with E-state index in [1.54, 1.807) is 13.0 Å². The van der Waals surface area contributed by atoms with E-state index in [2.05, 4.69) is 5.32 Å². The largest absolute Gasteiger partial charge is 0.510 e. The SMILES string of the molecule is C[C@H]1c2ccc(NC(=O)c3ccc4c(c3)B(O)OC4)c(O)c2C(=O)C2=C(O)[C@]3(O)C(=O)C(C(N)=O)=C(O)[C@@H](N(C)C)[C@@H]3[C@@H](O)[C@@H]21. The number of nitrogens with two attached hydrogens (primary N) is 1. The topological polar surface area (TPSA) is 240 Å². The molecule has 0 spiro atoms. The van der Waals surface area contributed by atoms with Crippen LogP contribution in [0.2, 0.25) is 0 Å². The van der Waals surface area contributed by atoms with Gasteiger partial charge in [0.2, 0.25) is 5.78 Å². The monoisotopic (exact) mass is 619 g/mol. The maximum absolute atomic E-state index is 14.0. The predicted molar refractivity (Wildman–Crippen MR) is 157 cm³/mol. The molecule has 1 aliphatic heterocycles. The Hall–Kier alpha value is -4.54. The second-order valence-electron chi connectivity index (χ2n) is 12.0. The van der Waals surface area contributed by atoms with Crippen LogP contribution in [0.25, 0.3) is 0 Å². The van der Waals surface area contributed by atoms with E-state index in [9.17, 15) is 49.7 Å². The number of benzene rings is 2. The van der Waals surface area contributed by atoms with Crippen LogP contribution in [0.5, 0.6) is 5.75 Å². The Bertz CT molecular complexity index is 1790. The number of fused-ring (bicyclic) bond motifs is 4. The van der Waals surface area contributed by atoms with Gasteiger partial charge in [-0.2, -0.15) is 0 Å². The molecule has 2 amide bonds. The fourth-order valence-electron chi connectivity index (χ4n) is 7.27. The fraction of sp³-hybridized carbons (Fsp3) is 0.333. The Labute approximate surface area is 256 Å². The van der Waals surface area contributed by atoms with Gasteiger partial charge in [-0.15, -0.1) is 0 Å². The number of rotatable bonds is 4. The third-order valence-corrected chi connectivity index (χ3v) is 9.45. The minimum Gasteiger partial charge on any atom is -0.510 e. The third-order valence-electron chi connectivity index (χ3n) is 9.45. The van der Waals surface area contributed by atoms with Gasteiger partial charge in [0.25, 0.3) is 11.8 Å². The highest BCUT2D eigenvalue weighted by molar-refractivity contribution is 6.61. The zero-order valence-electron chi connectivity index (χ0n) is 24.3. The summed E-state index contributed by atoms with van der Waals surface area (Å²) >= 11 is 0. The van der Waals surface area contributed by atoms with Gasteiger partial charge in [0, 0.05) is 17.1 Å². The molecular formula is C30H30BN3O11. The molecule has 0 unspecified atom stereocenters. The summed E-state index contributed by atoms with van der Waals surface area (Å²) in [6.45, 7) is 1.79. The van der Waals surface area contributed by atoms with E-state index in [1.807, 2.05) is 0 Å². The molecule has 6 atom stereocenters. The maximum atomic E-state index is 14.0. The number of hydrogen-bond donors (Lipinski definition) is 8. The average Bonchev–Trinajstić information content (AvgIpc) is 3.35. The molecular weight excluding hydrogens is 589 g/mol. The fourth-order valence-corrected chi connectivity index (χ4v) is 7.27. The quantitative estimate of drug-likeness (QED) is 0.118. The Kier molecular flexibility index (Phi) is 6.95. The van der Waals surface area contributed by atoms with Gasteiger partial charge in [0.1, 0.15) is 17.1 Å². The first-order chi connectivity index (χ1) is 21.1. The van der Waals surface area contributed by atoms with E-state index < -0.39 is 94.4 Å². The van der Waals surface area contributed by atoms with Crippen molar-refractivity contribution in [3.63, 3.8) is 0 Å². The van der Waals surface area contributed by atoms with Crippen LogP contribution in [0.4, 0.5) is 5.69 Å². The molecule has 6 rings (SSSR count). The van der Waals surface area contributed by atoms with Crippen molar-refractivity contribution in [2.24, 2.45) is 17.6 Å². The molecule has 1 heterocycles. The van der Waals surface area contributed by atoms with Crippen LogP contribution in [0.1, 0.15) is 44.7 Å². The van der Waals surface area contributed by atoms with Gasteiger partial charge in [0.05, 0.1) is 35.9 Å². The lowest BCUT2D eigenvalue weighted by Gasteiger charge is -2.53. The highest BCUT2D eigenvalue weighted by Gasteiger charge is 2.67. The summed E-state index contributed by atoms with van der Waals surface area (Å²) in [7, 11) is 1.71. The summed E-state index contributed by atoms with van der Waals surface area (Å²) in [5, 5.41) is 69.7. The summed E-state index contributed by atoms with van der Waals surface area (Å²) in [6, 6.07) is 6.02. The molecule has 3 aliphatic carbocycles. The molecule has 0 bridgehead atoms. The minimum absolute atomic E-state index is 0.131. The van der Waals surface area contributed by atoms with Crippen molar-refractivity contribution in [3.05, 3.63) is 75.3 Å². The molecule has 45 heavy (non-hydrogen) atoms. The number of ketones is 2. The van der Waals surface area contributed by atoms with E-state index in [0.717, 1.165) is 0 Å². The number of Topliss-reactive ketones (excluding diaryl/α,β-unsaturated/α-hetero) is 2. The lowest BCUT2D eigenvalue weighted by Crippen LogP contribution is -2.68. The molecule has 15 heteroatoms. The van der Waals surface area contributed by atoms with Gasteiger partial charge in [0.15, 0.2) is 17.1 Å². The molecule has 2 aromatic rings. The number of likely N-dealkylation sites (N-methyl/N-ethyl adjacent to an activating group) is 1. The van der Waals surface area contributed by atoms with E-state index in [1.165, 1.54) is 43.3 Å². The van der Waals surface area contributed by atoms with Crippen molar-refractivity contribution < 1.29 is 54.4 Å². The van der Waals surface area contributed by atoms with Crippen molar-refractivity contribution >= 4 is 41.6 Å². The molecule has 0 radical (unpaired) electrons. The number of aliphatic hydroxyl groups is 4. The van der Waals surface area contributed by atoms with E-state index in [-0.39, 0.29) is 29.0 Å². The number of hydrogen-bond acceptors (Lipinski definition) is 12. The first-order valence-electron chi connectivity index (χ1n) is 14.0. The van der Waals surface area contributed by atoms with E-state index in [4.69, 9.17) is 10.4 Å². The number of nitrogens with one attached hydrogen (secondary N) is 1. The molecule has 0 saturated carbocycles. The normalized spacial score (nSPS) is 29.0. The van der Waals surface area contributed by atoms with Crippen LogP contribution >= 0.6 is 0 Å². The molecule has 2 aromatic carbocycles. The number of phenolic OH excluding ortho intramolecular Hbond substituents is 1. The summed E-state index contributed by atoms with van der Waals surface area (Å²) < 4.78 is 5.15. The van der Waals surface area contributed by atoms with Crippen molar-refractivity contribution in [1.29, 1.82) is 0 Å². The molecule has 0 saturated heterocycles. The number of aliphatic hydroxyl groups excluding tert-OH is 3. The zero-order chi connectivity index (χ0) is 32.9. The second-order valence-corrected chi connectivity index (χ2v) is 12.0. The number of aromatic hydroxyl groups is 1. The van der Waals surface area contributed by atoms with Gasteiger partial charge in [-0.3, -0.25) is 24.1 Å². The van der Waals surface area contributed by atoms with Crippen molar-refractivity contribution in [3.8, 4) is 5.75 Å². The number of anilines is 1. The van der Waals surface area contributed by atoms with Gasteiger partial charge in [-0.05, 0) is 54.8 Å². The molecule has 14 nitrogen and oxygen atoms in total.